The average molecular weight is 603 g/mol. The summed E-state index contributed by atoms with van der Waals surface area (Å²) in [7, 11) is 0. The number of carbonyl (C=O) groups excluding carboxylic acids is 2. The number of halogens is 4. The molecule has 2 atom stereocenters. The molecule has 3 aliphatic rings. The standard InChI is InChI=1S/C34H42F4N2O3/c1-31(2,3)43-29(41)22-33(14-7-15-33)39-18-16-32(17-19-39,21-24-10-12-26(35)13-11-24)23-40(30(42)34(36,37)38)28-20-27(28)25-8-5-4-6-9-25/h4-6,8-13,27-28H,7,14-23H2,1-3H3/t27?,28-/m1/s1. The largest absolute Gasteiger partial charge is 0.471 e. The van der Waals surface area contributed by atoms with Gasteiger partial charge in [-0.05, 0) is 107 Å². The maximum Gasteiger partial charge on any atom is 0.471 e. The monoisotopic (exact) mass is 602 g/mol. The molecule has 1 aliphatic heterocycles. The second-order valence-electron chi connectivity index (χ2n) is 13.9. The summed E-state index contributed by atoms with van der Waals surface area (Å²) in [5.74, 6) is -2.54. The number of esters is 1. The molecule has 234 valence electrons. The molecular weight excluding hydrogens is 560 g/mol. The molecule has 5 nitrogen and oxygen atoms in total. The number of amides is 1. The van der Waals surface area contributed by atoms with Crippen LogP contribution in [0, 0.1) is 11.2 Å². The second kappa shape index (κ2) is 11.9. The Morgan fingerprint density at radius 3 is 2.12 bits per heavy atom. The van der Waals surface area contributed by atoms with Gasteiger partial charge in [-0.3, -0.25) is 14.5 Å². The number of carbonyl (C=O) groups is 2. The van der Waals surface area contributed by atoms with E-state index in [4.69, 9.17) is 4.74 Å². The van der Waals surface area contributed by atoms with Crippen LogP contribution in [0.1, 0.15) is 82.8 Å². The molecule has 0 aromatic heterocycles. The summed E-state index contributed by atoms with van der Waals surface area (Å²) in [6.45, 7) is 6.72. The van der Waals surface area contributed by atoms with Crippen LogP contribution in [-0.2, 0) is 20.7 Å². The zero-order chi connectivity index (χ0) is 31.0. The van der Waals surface area contributed by atoms with Gasteiger partial charge < -0.3 is 9.64 Å². The Hall–Kier alpha value is -2.94. The number of benzene rings is 2. The molecular formula is C34H42F4N2O3. The fraction of sp³-hybridized carbons (Fsp3) is 0.588. The third-order valence-corrected chi connectivity index (χ3v) is 9.56. The highest BCUT2D eigenvalue weighted by molar-refractivity contribution is 5.82. The predicted molar refractivity (Wildman–Crippen MR) is 156 cm³/mol. The van der Waals surface area contributed by atoms with Crippen molar-refractivity contribution in [2.75, 3.05) is 19.6 Å². The summed E-state index contributed by atoms with van der Waals surface area (Å²) in [6, 6.07) is 15.0. The molecule has 2 saturated carbocycles. The summed E-state index contributed by atoms with van der Waals surface area (Å²) in [6.07, 6.45) is 0.105. The quantitative estimate of drug-likeness (QED) is 0.228. The van der Waals surface area contributed by atoms with Crippen LogP contribution in [0.5, 0.6) is 0 Å². The van der Waals surface area contributed by atoms with Gasteiger partial charge in [0.2, 0.25) is 0 Å². The Kier molecular flexibility index (Phi) is 8.69. The van der Waals surface area contributed by atoms with E-state index in [1.165, 1.54) is 12.1 Å². The molecule has 1 unspecified atom stereocenters. The van der Waals surface area contributed by atoms with Crippen LogP contribution in [0.4, 0.5) is 17.6 Å². The number of hydrogen-bond donors (Lipinski definition) is 0. The van der Waals surface area contributed by atoms with E-state index in [9.17, 15) is 27.2 Å². The van der Waals surface area contributed by atoms with Gasteiger partial charge in [0.05, 0.1) is 6.42 Å². The van der Waals surface area contributed by atoms with E-state index in [2.05, 4.69) is 4.90 Å². The SMILES string of the molecule is CC(C)(C)OC(=O)CC1(N2CCC(Cc3ccc(F)cc3)(CN(C(=O)C(F)(F)F)[C@@H]3CC3c3ccccc3)CC2)CCC1. The highest BCUT2D eigenvalue weighted by Crippen LogP contribution is 2.50. The highest BCUT2D eigenvalue weighted by atomic mass is 19.4. The van der Waals surface area contributed by atoms with Crippen LogP contribution < -0.4 is 0 Å². The molecule has 0 bridgehead atoms. The molecule has 0 radical (unpaired) electrons. The Morgan fingerprint density at radius 1 is 0.953 bits per heavy atom. The summed E-state index contributed by atoms with van der Waals surface area (Å²) in [4.78, 5) is 29.2. The van der Waals surface area contributed by atoms with Crippen molar-refractivity contribution < 1.29 is 31.9 Å². The molecule has 43 heavy (non-hydrogen) atoms. The molecule has 2 aromatic rings. The van der Waals surface area contributed by atoms with E-state index in [1.807, 2.05) is 51.1 Å². The van der Waals surface area contributed by atoms with Crippen LogP contribution in [0.25, 0.3) is 0 Å². The minimum Gasteiger partial charge on any atom is -0.460 e. The van der Waals surface area contributed by atoms with E-state index < -0.39 is 29.1 Å². The van der Waals surface area contributed by atoms with Gasteiger partial charge in [0, 0.05) is 24.0 Å². The van der Waals surface area contributed by atoms with Crippen molar-refractivity contribution in [2.45, 2.75) is 101 Å². The van der Waals surface area contributed by atoms with E-state index >= 15 is 0 Å². The van der Waals surface area contributed by atoms with Crippen molar-refractivity contribution in [3.63, 3.8) is 0 Å². The number of alkyl halides is 3. The number of piperidine rings is 1. The Labute approximate surface area is 251 Å². The Balaban J connectivity index is 1.38. The maximum atomic E-state index is 14.0. The van der Waals surface area contributed by atoms with Gasteiger partial charge in [-0.2, -0.15) is 13.2 Å². The number of likely N-dealkylation sites (tertiary alicyclic amines) is 1. The van der Waals surface area contributed by atoms with Crippen molar-refractivity contribution in [3.8, 4) is 0 Å². The van der Waals surface area contributed by atoms with Crippen molar-refractivity contribution in [2.24, 2.45) is 5.41 Å². The van der Waals surface area contributed by atoms with Crippen molar-refractivity contribution in [3.05, 3.63) is 71.5 Å². The Bertz CT molecular complexity index is 1280. The minimum atomic E-state index is -4.98. The molecule has 2 aliphatic carbocycles. The van der Waals surface area contributed by atoms with Crippen LogP contribution in [0.2, 0.25) is 0 Å². The van der Waals surface area contributed by atoms with Gasteiger partial charge in [0.1, 0.15) is 11.4 Å². The van der Waals surface area contributed by atoms with Crippen molar-refractivity contribution in [1.29, 1.82) is 0 Å². The first-order valence-corrected chi connectivity index (χ1v) is 15.3. The lowest BCUT2D eigenvalue weighted by molar-refractivity contribution is -0.188. The summed E-state index contributed by atoms with van der Waals surface area (Å²) in [5.41, 5.74) is 0.250. The average Bonchev–Trinajstić information content (AvgIpc) is 3.71. The molecule has 1 saturated heterocycles. The minimum absolute atomic E-state index is 0.0242. The van der Waals surface area contributed by atoms with E-state index in [1.54, 1.807) is 12.1 Å². The van der Waals surface area contributed by atoms with E-state index in [0.717, 1.165) is 35.3 Å². The second-order valence-corrected chi connectivity index (χ2v) is 13.9. The number of hydrogen-bond acceptors (Lipinski definition) is 4. The number of rotatable bonds is 9. The fourth-order valence-corrected chi connectivity index (χ4v) is 7.17. The van der Waals surface area contributed by atoms with Gasteiger partial charge in [0.15, 0.2) is 0 Å². The molecule has 0 N–H and O–H groups in total. The van der Waals surface area contributed by atoms with Crippen LogP contribution >= 0.6 is 0 Å². The van der Waals surface area contributed by atoms with Crippen molar-refractivity contribution in [1.82, 2.24) is 9.80 Å². The molecule has 2 aromatic carbocycles. The van der Waals surface area contributed by atoms with Gasteiger partial charge >= 0.3 is 18.1 Å². The third kappa shape index (κ3) is 7.41. The Morgan fingerprint density at radius 2 is 1.58 bits per heavy atom. The smallest absolute Gasteiger partial charge is 0.460 e. The van der Waals surface area contributed by atoms with Gasteiger partial charge in [-0.15, -0.1) is 0 Å². The molecule has 1 heterocycles. The molecule has 5 rings (SSSR count). The van der Waals surface area contributed by atoms with Gasteiger partial charge in [0.25, 0.3) is 0 Å². The fourth-order valence-electron chi connectivity index (χ4n) is 7.17. The predicted octanol–water partition coefficient (Wildman–Crippen LogP) is 7.05. The lowest BCUT2D eigenvalue weighted by atomic mass is 9.68. The summed E-state index contributed by atoms with van der Waals surface area (Å²) >= 11 is 0. The van der Waals surface area contributed by atoms with Gasteiger partial charge in [-0.1, -0.05) is 42.5 Å². The normalized spacial score (nSPS) is 23.2. The van der Waals surface area contributed by atoms with Gasteiger partial charge in [-0.25, -0.2) is 4.39 Å². The summed E-state index contributed by atoms with van der Waals surface area (Å²) in [5, 5.41) is 0. The van der Waals surface area contributed by atoms with E-state index in [-0.39, 0.29) is 36.2 Å². The number of nitrogens with zero attached hydrogens (tertiary/aromatic N) is 2. The number of ether oxygens (including phenoxy) is 1. The van der Waals surface area contributed by atoms with Crippen LogP contribution in [-0.4, -0.2) is 64.7 Å². The molecule has 0 spiro atoms. The molecule has 9 heteroatoms. The highest BCUT2D eigenvalue weighted by Gasteiger charge is 2.55. The van der Waals surface area contributed by atoms with Crippen molar-refractivity contribution >= 4 is 11.9 Å². The molecule has 1 amide bonds. The first-order valence-electron chi connectivity index (χ1n) is 15.3. The van der Waals surface area contributed by atoms with Crippen LogP contribution in [0.15, 0.2) is 54.6 Å². The summed E-state index contributed by atoms with van der Waals surface area (Å²) < 4.78 is 61.4. The lowest BCUT2D eigenvalue weighted by Gasteiger charge is -2.55. The van der Waals surface area contributed by atoms with Crippen LogP contribution in [0.3, 0.4) is 0 Å². The first-order chi connectivity index (χ1) is 20.2. The zero-order valence-electron chi connectivity index (χ0n) is 25.3. The third-order valence-electron chi connectivity index (χ3n) is 9.56. The maximum absolute atomic E-state index is 14.0. The van der Waals surface area contributed by atoms with E-state index in [0.29, 0.717) is 38.8 Å². The lowest BCUT2D eigenvalue weighted by Crippen LogP contribution is -2.60. The zero-order valence-corrected chi connectivity index (χ0v) is 25.3. The topological polar surface area (TPSA) is 49.9 Å². The first kappa shape index (κ1) is 31.5. The molecule has 3 fully saturated rings.